The lowest BCUT2D eigenvalue weighted by atomic mass is 10.0. The van der Waals surface area contributed by atoms with Crippen molar-refractivity contribution in [2.45, 2.75) is 39.3 Å². The fourth-order valence-corrected chi connectivity index (χ4v) is 3.51. The first-order chi connectivity index (χ1) is 9.56. The van der Waals surface area contributed by atoms with E-state index in [1.165, 1.54) is 22.9 Å². The van der Waals surface area contributed by atoms with Crippen molar-refractivity contribution in [1.29, 1.82) is 0 Å². The average molecular weight is 296 g/mol. The Labute approximate surface area is 127 Å². The van der Waals surface area contributed by atoms with Gasteiger partial charge in [0, 0.05) is 36.8 Å². The van der Waals surface area contributed by atoms with Gasteiger partial charge < -0.3 is 15.1 Å². The molecule has 2 rings (SSSR count). The van der Waals surface area contributed by atoms with E-state index in [0.29, 0.717) is 5.92 Å². The van der Waals surface area contributed by atoms with Crippen molar-refractivity contribution in [2.75, 3.05) is 38.6 Å². The van der Waals surface area contributed by atoms with Crippen LogP contribution >= 0.6 is 11.3 Å². The van der Waals surface area contributed by atoms with Gasteiger partial charge in [0.1, 0.15) is 0 Å². The SMILES string of the molecule is CC(C)CNCc1cnc(N2CCC(N(C)C)CC2)s1. The zero-order chi connectivity index (χ0) is 14.5. The summed E-state index contributed by atoms with van der Waals surface area (Å²) in [5.41, 5.74) is 0. The van der Waals surface area contributed by atoms with E-state index in [4.69, 9.17) is 0 Å². The standard InChI is InChI=1S/C15H28N4S/c1-12(2)9-16-10-14-11-17-15(20-14)19-7-5-13(6-8-19)18(3)4/h11-13,16H,5-10H2,1-4H3. The Bertz CT molecular complexity index is 394. The molecule has 0 aliphatic carbocycles. The molecule has 1 saturated heterocycles. The summed E-state index contributed by atoms with van der Waals surface area (Å²) in [4.78, 5) is 10.7. The van der Waals surface area contributed by atoms with Gasteiger partial charge in [0.05, 0.1) is 0 Å². The Morgan fingerprint density at radius 1 is 1.40 bits per heavy atom. The molecule has 0 bridgehead atoms. The molecule has 1 N–H and O–H groups in total. The third kappa shape index (κ3) is 4.43. The molecule has 1 aromatic rings. The van der Waals surface area contributed by atoms with Gasteiger partial charge in [0.25, 0.3) is 0 Å². The fourth-order valence-electron chi connectivity index (χ4n) is 2.58. The van der Waals surface area contributed by atoms with Crippen LogP contribution in [0.2, 0.25) is 0 Å². The molecule has 20 heavy (non-hydrogen) atoms. The normalized spacial score (nSPS) is 17.4. The van der Waals surface area contributed by atoms with Gasteiger partial charge in [-0.15, -0.1) is 11.3 Å². The number of piperidine rings is 1. The first-order valence-electron chi connectivity index (χ1n) is 7.63. The van der Waals surface area contributed by atoms with Crippen LogP contribution in [0.4, 0.5) is 5.13 Å². The van der Waals surface area contributed by atoms with Gasteiger partial charge in [-0.25, -0.2) is 4.98 Å². The summed E-state index contributed by atoms with van der Waals surface area (Å²) in [5.74, 6) is 0.701. The Hall–Kier alpha value is -0.650. The smallest absolute Gasteiger partial charge is 0.185 e. The highest BCUT2D eigenvalue weighted by Gasteiger charge is 2.22. The number of nitrogens with zero attached hydrogens (tertiary/aromatic N) is 3. The second-order valence-corrected chi connectivity index (χ2v) is 7.41. The quantitative estimate of drug-likeness (QED) is 0.873. The van der Waals surface area contributed by atoms with E-state index in [0.717, 1.165) is 32.2 Å². The summed E-state index contributed by atoms with van der Waals surface area (Å²) in [6, 6.07) is 0.735. The van der Waals surface area contributed by atoms with Crippen molar-refractivity contribution in [3.05, 3.63) is 11.1 Å². The van der Waals surface area contributed by atoms with E-state index < -0.39 is 0 Å². The van der Waals surface area contributed by atoms with Crippen LogP contribution in [-0.2, 0) is 6.54 Å². The molecule has 0 radical (unpaired) electrons. The minimum Gasteiger partial charge on any atom is -0.348 e. The molecule has 0 saturated carbocycles. The molecule has 114 valence electrons. The molecule has 4 nitrogen and oxygen atoms in total. The van der Waals surface area contributed by atoms with Crippen molar-refractivity contribution in [3.63, 3.8) is 0 Å². The minimum atomic E-state index is 0.701. The third-order valence-electron chi connectivity index (χ3n) is 3.86. The largest absolute Gasteiger partial charge is 0.348 e. The number of aromatic nitrogens is 1. The molecule has 0 atom stereocenters. The van der Waals surface area contributed by atoms with Crippen LogP contribution in [0.25, 0.3) is 0 Å². The van der Waals surface area contributed by atoms with Gasteiger partial charge in [-0.1, -0.05) is 13.8 Å². The summed E-state index contributed by atoms with van der Waals surface area (Å²) in [6.07, 6.45) is 4.52. The predicted molar refractivity (Wildman–Crippen MR) is 87.6 cm³/mol. The molecule has 1 aliphatic heterocycles. The third-order valence-corrected chi connectivity index (χ3v) is 4.92. The van der Waals surface area contributed by atoms with Gasteiger partial charge in [0.2, 0.25) is 0 Å². The van der Waals surface area contributed by atoms with E-state index in [9.17, 15) is 0 Å². The minimum absolute atomic E-state index is 0.701. The second-order valence-electron chi connectivity index (χ2n) is 6.32. The summed E-state index contributed by atoms with van der Waals surface area (Å²) in [6.45, 7) is 8.76. The van der Waals surface area contributed by atoms with Crippen LogP contribution in [0.1, 0.15) is 31.6 Å². The van der Waals surface area contributed by atoms with Crippen molar-refractivity contribution < 1.29 is 0 Å². The first-order valence-corrected chi connectivity index (χ1v) is 8.44. The molecule has 2 heterocycles. The van der Waals surface area contributed by atoms with Crippen LogP contribution in [0.5, 0.6) is 0 Å². The topological polar surface area (TPSA) is 31.4 Å². The Balaban J connectivity index is 1.81. The number of thiazole rings is 1. The lowest BCUT2D eigenvalue weighted by molar-refractivity contribution is 0.249. The van der Waals surface area contributed by atoms with Gasteiger partial charge in [-0.2, -0.15) is 0 Å². The highest BCUT2D eigenvalue weighted by atomic mass is 32.1. The van der Waals surface area contributed by atoms with Crippen LogP contribution in [0.15, 0.2) is 6.20 Å². The maximum atomic E-state index is 4.60. The first kappa shape index (κ1) is 15.7. The number of hydrogen-bond acceptors (Lipinski definition) is 5. The molecule has 5 heteroatoms. The number of anilines is 1. The van der Waals surface area contributed by atoms with Gasteiger partial charge >= 0.3 is 0 Å². The van der Waals surface area contributed by atoms with Gasteiger partial charge in [0.15, 0.2) is 5.13 Å². The fraction of sp³-hybridized carbons (Fsp3) is 0.800. The van der Waals surface area contributed by atoms with Crippen LogP contribution in [0.3, 0.4) is 0 Å². The lowest BCUT2D eigenvalue weighted by Gasteiger charge is -2.35. The molecule has 0 amide bonds. The van der Waals surface area contributed by atoms with E-state index in [1.54, 1.807) is 0 Å². The van der Waals surface area contributed by atoms with Gasteiger partial charge in [-0.05, 0) is 39.4 Å². The summed E-state index contributed by atoms with van der Waals surface area (Å²) < 4.78 is 0. The number of nitrogens with one attached hydrogen (secondary N) is 1. The van der Waals surface area contributed by atoms with Crippen molar-refractivity contribution in [1.82, 2.24) is 15.2 Å². The molecule has 1 fully saturated rings. The summed E-state index contributed by atoms with van der Waals surface area (Å²) in [5, 5.41) is 4.68. The molecule has 0 aromatic carbocycles. The molecule has 1 aromatic heterocycles. The summed E-state index contributed by atoms with van der Waals surface area (Å²) in [7, 11) is 4.37. The van der Waals surface area contributed by atoms with Crippen LogP contribution in [-0.4, -0.2) is 49.7 Å². The number of hydrogen-bond donors (Lipinski definition) is 1. The highest BCUT2D eigenvalue weighted by molar-refractivity contribution is 7.15. The molecular weight excluding hydrogens is 268 g/mol. The van der Waals surface area contributed by atoms with Crippen LogP contribution in [0, 0.1) is 5.92 Å². The van der Waals surface area contributed by atoms with Crippen molar-refractivity contribution in [2.24, 2.45) is 5.92 Å². The van der Waals surface area contributed by atoms with E-state index in [1.807, 2.05) is 17.5 Å². The Morgan fingerprint density at radius 3 is 2.70 bits per heavy atom. The highest BCUT2D eigenvalue weighted by Crippen LogP contribution is 2.26. The zero-order valence-corrected chi connectivity index (χ0v) is 14.0. The summed E-state index contributed by atoms with van der Waals surface area (Å²) >= 11 is 1.84. The maximum Gasteiger partial charge on any atom is 0.185 e. The van der Waals surface area contributed by atoms with E-state index in [2.05, 4.69) is 48.0 Å². The van der Waals surface area contributed by atoms with Crippen molar-refractivity contribution >= 4 is 16.5 Å². The van der Waals surface area contributed by atoms with Crippen molar-refractivity contribution in [3.8, 4) is 0 Å². The predicted octanol–water partition coefficient (Wildman–Crippen LogP) is 2.42. The molecular formula is C15H28N4S. The lowest BCUT2D eigenvalue weighted by Crippen LogP contribution is -2.41. The van der Waals surface area contributed by atoms with Gasteiger partial charge in [-0.3, -0.25) is 0 Å². The Morgan fingerprint density at radius 2 is 2.10 bits per heavy atom. The van der Waals surface area contributed by atoms with E-state index >= 15 is 0 Å². The zero-order valence-electron chi connectivity index (χ0n) is 13.2. The number of rotatable bonds is 6. The monoisotopic (exact) mass is 296 g/mol. The molecule has 1 aliphatic rings. The molecule has 0 spiro atoms. The van der Waals surface area contributed by atoms with E-state index in [-0.39, 0.29) is 0 Å². The average Bonchev–Trinajstić information content (AvgIpc) is 2.87. The maximum absolute atomic E-state index is 4.60. The second kappa shape index (κ2) is 7.38. The molecule has 0 unspecified atom stereocenters. The van der Waals surface area contributed by atoms with Crippen LogP contribution < -0.4 is 10.2 Å². The Kier molecular flexibility index (Phi) is 5.81.